The number of carbonyl (C=O) groups excluding carboxylic acids is 1. The summed E-state index contributed by atoms with van der Waals surface area (Å²) in [5.41, 5.74) is 6.67. The normalized spacial score (nSPS) is 14.7. The van der Waals surface area contributed by atoms with Crippen LogP contribution in [0.25, 0.3) is 11.6 Å². The fraction of sp³-hybridized carbons (Fsp3) is 0.222. The van der Waals surface area contributed by atoms with E-state index < -0.39 is 0 Å². The maximum absolute atomic E-state index is 13.5. The molecule has 3 nitrogen and oxygen atoms in total. The first-order valence-electron chi connectivity index (χ1n) is 10.6. The summed E-state index contributed by atoms with van der Waals surface area (Å²) in [5, 5.41) is 0. The minimum atomic E-state index is 0.102. The molecule has 0 spiro atoms. The fourth-order valence-electron chi connectivity index (χ4n) is 4.00. The van der Waals surface area contributed by atoms with Crippen molar-refractivity contribution < 1.29 is 4.79 Å². The van der Waals surface area contributed by atoms with E-state index in [9.17, 15) is 4.79 Å². The zero-order chi connectivity index (χ0) is 20.9. The number of benzene rings is 3. The van der Waals surface area contributed by atoms with E-state index in [0.717, 1.165) is 42.9 Å². The second-order valence-electron chi connectivity index (χ2n) is 7.83. The Hall–Kier alpha value is -3.33. The number of rotatable bonds is 4. The quantitative estimate of drug-likeness (QED) is 0.447. The third kappa shape index (κ3) is 4.30. The molecule has 1 fully saturated rings. The number of amides is 1. The first-order chi connectivity index (χ1) is 14.6. The lowest BCUT2D eigenvalue weighted by atomic mass is 10.0. The molecule has 152 valence electrons. The van der Waals surface area contributed by atoms with Gasteiger partial charge in [0.15, 0.2) is 0 Å². The Bertz CT molecular complexity index is 1030. The smallest absolute Gasteiger partial charge is 0.254 e. The molecule has 0 atom stereocenters. The van der Waals surface area contributed by atoms with E-state index >= 15 is 0 Å². The molecule has 0 aromatic heterocycles. The van der Waals surface area contributed by atoms with Gasteiger partial charge in [0.2, 0.25) is 0 Å². The Balaban J connectivity index is 1.55. The van der Waals surface area contributed by atoms with Gasteiger partial charge < -0.3 is 9.80 Å². The number of hydrogen-bond acceptors (Lipinski definition) is 2. The van der Waals surface area contributed by atoms with Crippen LogP contribution in [-0.4, -0.2) is 37.0 Å². The minimum absolute atomic E-state index is 0.102. The molecule has 0 bridgehead atoms. The van der Waals surface area contributed by atoms with E-state index in [1.165, 1.54) is 16.8 Å². The van der Waals surface area contributed by atoms with Crippen molar-refractivity contribution in [2.75, 3.05) is 31.1 Å². The molecule has 4 rings (SSSR count). The number of hydrogen-bond donors (Lipinski definition) is 0. The Morgan fingerprint density at radius 2 is 1.40 bits per heavy atom. The van der Waals surface area contributed by atoms with E-state index in [1.54, 1.807) is 0 Å². The van der Waals surface area contributed by atoms with Gasteiger partial charge in [0.05, 0.1) is 0 Å². The first kappa shape index (κ1) is 20.0. The Morgan fingerprint density at radius 3 is 2.07 bits per heavy atom. The van der Waals surface area contributed by atoms with Gasteiger partial charge in [-0.25, -0.2) is 0 Å². The standard InChI is InChI=1S/C27H28N2O/c1-21-10-9-15-26(22(21)2)28-16-18-29(19-17-28)27(30)25(24-13-7-4-8-14-24)20-23-11-5-3-6-12-23/h3-15,20H,16-19H2,1-2H3. The molecule has 0 unspecified atom stereocenters. The molecular weight excluding hydrogens is 368 g/mol. The summed E-state index contributed by atoms with van der Waals surface area (Å²) in [4.78, 5) is 17.9. The van der Waals surface area contributed by atoms with Gasteiger partial charge in [-0.2, -0.15) is 0 Å². The van der Waals surface area contributed by atoms with Crippen LogP contribution in [0.1, 0.15) is 22.3 Å². The summed E-state index contributed by atoms with van der Waals surface area (Å²) in [5.74, 6) is 0.102. The van der Waals surface area contributed by atoms with Crippen LogP contribution in [0, 0.1) is 13.8 Å². The summed E-state index contributed by atoms with van der Waals surface area (Å²) in [6.45, 7) is 7.49. The van der Waals surface area contributed by atoms with Gasteiger partial charge in [-0.1, -0.05) is 72.8 Å². The highest BCUT2D eigenvalue weighted by Crippen LogP contribution is 2.26. The zero-order valence-electron chi connectivity index (χ0n) is 17.7. The summed E-state index contributed by atoms with van der Waals surface area (Å²) in [6, 6.07) is 26.5. The maximum Gasteiger partial charge on any atom is 0.254 e. The summed E-state index contributed by atoms with van der Waals surface area (Å²) in [6.07, 6.45) is 2.01. The molecule has 1 saturated heterocycles. The molecule has 3 aromatic carbocycles. The van der Waals surface area contributed by atoms with Crippen LogP contribution < -0.4 is 4.90 Å². The van der Waals surface area contributed by atoms with Crippen LogP contribution in [0.4, 0.5) is 5.69 Å². The van der Waals surface area contributed by atoms with Gasteiger partial charge in [-0.15, -0.1) is 0 Å². The van der Waals surface area contributed by atoms with Crippen LogP contribution in [0.2, 0.25) is 0 Å². The van der Waals surface area contributed by atoms with E-state index in [1.807, 2.05) is 71.6 Å². The number of nitrogens with zero attached hydrogens (tertiary/aromatic N) is 2. The van der Waals surface area contributed by atoms with E-state index in [-0.39, 0.29) is 5.91 Å². The van der Waals surface area contributed by atoms with Crippen molar-refractivity contribution in [1.82, 2.24) is 4.90 Å². The van der Waals surface area contributed by atoms with E-state index in [0.29, 0.717) is 0 Å². The molecule has 1 heterocycles. The molecule has 1 amide bonds. The molecule has 30 heavy (non-hydrogen) atoms. The van der Waals surface area contributed by atoms with Crippen molar-refractivity contribution in [3.05, 3.63) is 101 Å². The number of aryl methyl sites for hydroxylation is 1. The number of anilines is 1. The molecule has 1 aliphatic heterocycles. The zero-order valence-corrected chi connectivity index (χ0v) is 17.7. The molecule has 0 saturated carbocycles. The van der Waals surface area contributed by atoms with Crippen molar-refractivity contribution in [1.29, 1.82) is 0 Å². The van der Waals surface area contributed by atoms with Gasteiger partial charge >= 0.3 is 0 Å². The maximum atomic E-state index is 13.5. The molecule has 3 heteroatoms. The lowest BCUT2D eigenvalue weighted by Gasteiger charge is -2.37. The van der Waals surface area contributed by atoms with Crippen molar-refractivity contribution in [3.8, 4) is 0 Å². The SMILES string of the molecule is Cc1cccc(N2CCN(C(=O)C(=Cc3ccccc3)c3ccccc3)CC2)c1C. The fourth-order valence-corrected chi connectivity index (χ4v) is 4.00. The van der Waals surface area contributed by atoms with Crippen LogP contribution >= 0.6 is 0 Å². The molecule has 0 aliphatic carbocycles. The largest absolute Gasteiger partial charge is 0.368 e. The van der Waals surface area contributed by atoms with Gasteiger partial charge in [-0.05, 0) is 48.2 Å². The predicted molar refractivity (Wildman–Crippen MR) is 125 cm³/mol. The monoisotopic (exact) mass is 396 g/mol. The molecule has 3 aromatic rings. The second-order valence-corrected chi connectivity index (χ2v) is 7.83. The van der Waals surface area contributed by atoms with Crippen LogP contribution in [-0.2, 0) is 4.79 Å². The van der Waals surface area contributed by atoms with Crippen LogP contribution in [0.3, 0.4) is 0 Å². The topological polar surface area (TPSA) is 23.6 Å². The highest BCUT2D eigenvalue weighted by atomic mass is 16.2. The molecule has 0 N–H and O–H groups in total. The van der Waals surface area contributed by atoms with Gasteiger partial charge in [0, 0.05) is 37.4 Å². The van der Waals surface area contributed by atoms with Crippen molar-refractivity contribution in [2.45, 2.75) is 13.8 Å². The molecule has 1 aliphatic rings. The Labute approximate surface area is 179 Å². The molecular formula is C27H28N2O. The number of carbonyl (C=O) groups is 1. The molecule has 0 radical (unpaired) electrons. The average Bonchev–Trinajstić information content (AvgIpc) is 2.80. The van der Waals surface area contributed by atoms with Crippen molar-refractivity contribution >= 4 is 23.2 Å². The summed E-state index contributed by atoms with van der Waals surface area (Å²) >= 11 is 0. The van der Waals surface area contributed by atoms with Crippen LogP contribution in [0.15, 0.2) is 78.9 Å². The highest BCUT2D eigenvalue weighted by molar-refractivity contribution is 6.24. The van der Waals surface area contributed by atoms with Gasteiger partial charge in [0.25, 0.3) is 5.91 Å². The van der Waals surface area contributed by atoms with E-state index in [4.69, 9.17) is 0 Å². The highest BCUT2D eigenvalue weighted by Gasteiger charge is 2.25. The number of piperazine rings is 1. The minimum Gasteiger partial charge on any atom is -0.368 e. The van der Waals surface area contributed by atoms with Crippen molar-refractivity contribution in [3.63, 3.8) is 0 Å². The summed E-state index contributed by atoms with van der Waals surface area (Å²) in [7, 11) is 0. The lowest BCUT2D eigenvalue weighted by molar-refractivity contribution is -0.125. The third-order valence-corrected chi connectivity index (χ3v) is 5.91. The third-order valence-electron chi connectivity index (χ3n) is 5.91. The second kappa shape index (κ2) is 9.00. The Kier molecular flexibility index (Phi) is 5.99. The Morgan fingerprint density at radius 1 is 0.767 bits per heavy atom. The summed E-state index contributed by atoms with van der Waals surface area (Å²) < 4.78 is 0. The van der Waals surface area contributed by atoms with Crippen LogP contribution in [0.5, 0.6) is 0 Å². The first-order valence-corrected chi connectivity index (χ1v) is 10.6. The van der Waals surface area contributed by atoms with Crippen molar-refractivity contribution in [2.24, 2.45) is 0 Å². The predicted octanol–water partition coefficient (Wildman–Crippen LogP) is 5.19. The van der Waals surface area contributed by atoms with Gasteiger partial charge in [-0.3, -0.25) is 4.79 Å². The lowest BCUT2D eigenvalue weighted by Crippen LogP contribution is -2.49. The van der Waals surface area contributed by atoms with Gasteiger partial charge in [0.1, 0.15) is 0 Å². The van der Waals surface area contributed by atoms with E-state index in [2.05, 4.69) is 36.9 Å². The average molecular weight is 397 g/mol.